The van der Waals surface area contributed by atoms with E-state index in [2.05, 4.69) is 34.6 Å². The number of unbranched alkanes of at least 4 members (excludes halogenated alkanes) is 2. The molecule has 0 aromatic heterocycles. The number of methoxy groups -OCH3 is 1. The molecule has 0 bridgehead atoms. The first-order valence-electron chi connectivity index (χ1n) is 9.71. The van der Waals surface area contributed by atoms with Crippen LogP contribution in [0.4, 0.5) is 0 Å². The molecular weight excluding hydrogens is 327 g/mol. The van der Waals surface area contributed by atoms with Gasteiger partial charge in [-0.25, -0.2) is 4.79 Å². The molecule has 1 heterocycles. The standard InChI is InChI=1S/C21H33BO4/c1-7-8-9-10-18(16-11-13-17(14-12-16)19(23)24-6)22-25-20(2,3)15-21(4,5)26-22/h11-14,18H,7-10,15H2,1-6H3. The predicted molar refractivity (Wildman–Crippen MR) is 105 cm³/mol. The molecule has 0 N–H and O–H groups in total. The molecular formula is C21H33BO4. The minimum Gasteiger partial charge on any atom is -0.465 e. The molecule has 1 atom stereocenters. The van der Waals surface area contributed by atoms with Crippen LogP contribution in [0.15, 0.2) is 24.3 Å². The molecule has 1 aliphatic heterocycles. The van der Waals surface area contributed by atoms with Crippen LogP contribution in [0.2, 0.25) is 0 Å². The zero-order valence-electron chi connectivity index (χ0n) is 17.1. The molecule has 0 spiro atoms. The first-order chi connectivity index (χ1) is 12.2. The van der Waals surface area contributed by atoms with Gasteiger partial charge in [0.25, 0.3) is 0 Å². The van der Waals surface area contributed by atoms with E-state index in [0.717, 1.165) is 24.8 Å². The summed E-state index contributed by atoms with van der Waals surface area (Å²) >= 11 is 0. The van der Waals surface area contributed by atoms with Gasteiger partial charge in [-0.05, 0) is 51.8 Å². The topological polar surface area (TPSA) is 44.8 Å². The number of ether oxygens (including phenoxy) is 1. The van der Waals surface area contributed by atoms with Crippen molar-refractivity contribution in [1.82, 2.24) is 0 Å². The third-order valence-corrected chi connectivity index (χ3v) is 4.93. The van der Waals surface area contributed by atoms with Crippen molar-refractivity contribution in [3.05, 3.63) is 35.4 Å². The summed E-state index contributed by atoms with van der Waals surface area (Å²) in [6.07, 6.45) is 5.36. The van der Waals surface area contributed by atoms with Crippen molar-refractivity contribution in [2.45, 2.75) is 83.7 Å². The predicted octanol–water partition coefficient (Wildman–Crippen LogP) is 5.16. The SMILES string of the molecule is CCCCCC(B1OC(C)(C)CC(C)(C)O1)c1ccc(C(=O)OC)cc1. The summed E-state index contributed by atoms with van der Waals surface area (Å²) in [5.74, 6) is -0.168. The Balaban J connectivity index is 2.26. The molecule has 4 nitrogen and oxygen atoms in total. The summed E-state index contributed by atoms with van der Waals surface area (Å²) in [7, 11) is 1.12. The number of benzene rings is 1. The average Bonchev–Trinajstić information content (AvgIpc) is 2.55. The van der Waals surface area contributed by atoms with Crippen LogP contribution in [0.5, 0.6) is 0 Å². The van der Waals surface area contributed by atoms with Crippen molar-refractivity contribution in [1.29, 1.82) is 0 Å². The summed E-state index contributed by atoms with van der Waals surface area (Å²) < 4.78 is 17.5. The van der Waals surface area contributed by atoms with Gasteiger partial charge in [0, 0.05) is 12.2 Å². The number of rotatable bonds is 7. The summed E-state index contributed by atoms with van der Waals surface area (Å²) in [6, 6.07) is 7.66. The lowest BCUT2D eigenvalue weighted by Gasteiger charge is -2.46. The fourth-order valence-corrected chi connectivity index (χ4v) is 3.98. The van der Waals surface area contributed by atoms with E-state index in [-0.39, 0.29) is 30.1 Å². The highest BCUT2D eigenvalue weighted by Crippen LogP contribution is 2.39. The highest BCUT2D eigenvalue weighted by Gasteiger charge is 2.46. The molecule has 1 saturated heterocycles. The highest BCUT2D eigenvalue weighted by molar-refractivity contribution is 6.47. The Hall–Kier alpha value is -1.33. The molecule has 1 aromatic rings. The summed E-state index contributed by atoms with van der Waals surface area (Å²) in [4.78, 5) is 11.7. The minimum atomic E-state index is -0.313. The molecule has 0 aliphatic carbocycles. The Morgan fingerprint density at radius 2 is 1.69 bits per heavy atom. The Kier molecular flexibility index (Phi) is 6.92. The van der Waals surface area contributed by atoms with E-state index in [4.69, 9.17) is 14.0 Å². The molecule has 1 fully saturated rings. The Morgan fingerprint density at radius 1 is 1.12 bits per heavy atom. The zero-order chi connectivity index (χ0) is 19.4. The lowest BCUT2D eigenvalue weighted by atomic mass is 9.62. The van der Waals surface area contributed by atoms with Gasteiger partial charge in [-0.1, -0.05) is 38.3 Å². The molecule has 1 unspecified atom stereocenters. The number of hydrogen-bond acceptors (Lipinski definition) is 4. The largest absolute Gasteiger partial charge is 0.465 e. The van der Waals surface area contributed by atoms with Crippen LogP contribution in [0.1, 0.15) is 88.5 Å². The van der Waals surface area contributed by atoms with Crippen LogP contribution in [0, 0.1) is 0 Å². The van der Waals surface area contributed by atoms with Gasteiger partial charge in [-0.2, -0.15) is 0 Å². The molecule has 1 aliphatic rings. The molecule has 2 rings (SSSR count). The van der Waals surface area contributed by atoms with Gasteiger partial charge in [0.05, 0.1) is 23.9 Å². The smallest absolute Gasteiger partial charge is 0.465 e. The van der Waals surface area contributed by atoms with E-state index in [9.17, 15) is 4.79 Å². The Morgan fingerprint density at radius 3 is 2.19 bits per heavy atom. The van der Waals surface area contributed by atoms with Crippen molar-refractivity contribution in [3.8, 4) is 0 Å². The number of carbonyl (C=O) groups is 1. The first-order valence-corrected chi connectivity index (χ1v) is 9.71. The maximum Gasteiger partial charge on any atom is 0.465 e. The third kappa shape index (κ3) is 5.58. The van der Waals surface area contributed by atoms with Gasteiger partial charge in [-0.3, -0.25) is 0 Å². The number of carbonyl (C=O) groups excluding carboxylic acids is 1. The molecule has 144 valence electrons. The maximum absolute atomic E-state index is 11.7. The lowest BCUT2D eigenvalue weighted by Crippen LogP contribution is -2.53. The molecule has 26 heavy (non-hydrogen) atoms. The summed E-state index contributed by atoms with van der Waals surface area (Å²) in [5.41, 5.74) is 1.27. The van der Waals surface area contributed by atoms with E-state index in [1.54, 1.807) is 0 Å². The monoisotopic (exact) mass is 360 g/mol. The van der Waals surface area contributed by atoms with E-state index >= 15 is 0 Å². The quantitative estimate of drug-likeness (QED) is 0.383. The Labute approximate surface area is 158 Å². The Bertz CT molecular complexity index is 579. The molecule has 0 radical (unpaired) electrons. The van der Waals surface area contributed by atoms with Crippen LogP contribution in [0.3, 0.4) is 0 Å². The third-order valence-electron chi connectivity index (χ3n) is 4.93. The van der Waals surface area contributed by atoms with Gasteiger partial charge in [0.15, 0.2) is 0 Å². The number of hydrogen-bond donors (Lipinski definition) is 0. The summed E-state index contributed by atoms with van der Waals surface area (Å²) in [6.45, 7) is 10.7. The fourth-order valence-electron chi connectivity index (χ4n) is 3.98. The lowest BCUT2D eigenvalue weighted by molar-refractivity contribution is -0.0801. The maximum atomic E-state index is 11.7. The van der Waals surface area contributed by atoms with Crippen molar-refractivity contribution in [3.63, 3.8) is 0 Å². The van der Waals surface area contributed by atoms with Crippen molar-refractivity contribution < 1.29 is 18.8 Å². The normalized spacial score (nSPS) is 19.8. The second-order valence-corrected chi connectivity index (χ2v) is 8.52. The molecule has 5 heteroatoms. The second-order valence-electron chi connectivity index (χ2n) is 8.52. The number of esters is 1. The van der Waals surface area contributed by atoms with Crippen LogP contribution >= 0.6 is 0 Å². The van der Waals surface area contributed by atoms with Crippen molar-refractivity contribution >= 4 is 13.1 Å². The minimum absolute atomic E-state index is 0.145. The van der Waals surface area contributed by atoms with E-state index < -0.39 is 0 Å². The van der Waals surface area contributed by atoms with Crippen LogP contribution in [-0.2, 0) is 14.0 Å². The van der Waals surface area contributed by atoms with Crippen molar-refractivity contribution in [2.75, 3.05) is 7.11 Å². The fraction of sp³-hybridized carbons (Fsp3) is 0.667. The van der Waals surface area contributed by atoms with Crippen LogP contribution in [-0.4, -0.2) is 31.4 Å². The van der Waals surface area contributed by atoms with E-state index in [1.165, 1.54) is 20.0 Å². The molecule has 0 saturated carbocycles. The highest BCUT2D eigenvalue weighted by atomic mass is 16.6. The van der Waals surface area contributed by atoms with Crippen LogP contribution < -0.4 is 0 Å². The van der Waals surface area contributed by atoms with Crippen molar-refractivity contribution in [2.24, 2.45) is 0 Å². The van der Waals surface area contributed by atoms with Crippen LogP contribution in [0.25, 0.3) is 0 Å². The second kappa shape index (κ2) is 8.58. The van der Waals surface area contributed by atoms with Gasteiger partial charge in [0.1, 0.15) is 0 Å². The average molecular weight is 360 g/mol. The van der Waals surface area contributed by atoms with Gasteiger partial charge in [0.2, 0.25) is 0 Å². The van der Waals surface area contributed by atoms with E-state index in [0.29, 0.717) is 5.56 Å². The van der Waals surface area contributed by atoms with Gasteiger partial charge < -0.3 is 14.0 Å². The van der Waals surface area contributed by atoms with E-state index in [1.807, 2.05) is 24.3 Å². The zero-order valence-corrected chi connectivity index (χ0v) is 17.1. The first kappa shape index (κ1) is 21.0. The molecule has 0 amide bonds. The molecule has 1 aromatic carbocycles. The summed E-state index contributed by atoms with van der Waals surface area (Å²) in [5, 5.41) is 0. The van der Waals surface area contributed by atoms with Gasteiger partial charge >= 0.3 is 13.1 Å². The van der Waals surface area contributed by atoms with Gasteiger partial charge in [-0.15, -0.1) is 0 Å².